The van der Waals surface area contributed by atoms with Crippen LogP contribution in [-0.4, -0.2) is 16.8 Å². The van der Waals surface area contributed by atoms with Crippen LogP contribution in [0.4, 0.5) is 5.69 Å². The molecule has 2 aromatic carbocycles. The van der Waals surface area contributed by atoms with E-state index in [1.807, 2.05) is 0 Å². The van der Waals surface area contributed by atoms with Gasteiger partial charge in [0.2, 0.25) is 0 Å². The number of carbonyl (C=O) groups is 2. The summed E-state index contributed by atoms with van der Waals surface area (Å²) in [6.45, 7) is 1.47. The average molecular weight is 255 g/mol. The van der Waals surface area contributed by atoms with Crippen LogP contribution < -0.4 is 5.32 Å². The summed E-state index contributed by atoms with van der Waals surface area (Å²) in [6, 6.07) is 12.7. The SMILES string of the molecule is CC(=O)c1ccc(C(=O)Nc2cccc(O)c2)cc1. The van der Waals surface area contributed by atoms with Gasteiger partial charge < -0.3 is 10.4 Å². The monoisotopic (exact) mass is 255 g/mol. The van der Waals surface area contributed by atoms with E-state index in [1.165, 1.54) is 19.1 Å². The molecule has 0 radical (unpaired) electrons. The lowest BCUT2D eigenvalue weighted by atomic mass is 10.1. The highest BCUT2D eigenvalue weighted by atomic mass is 16.3. The molecule has 0 heterocycles. The Kier molecular flexibility index (Phi) is 3.61. The lowest BCUT2D eigenvalue weighted by molar-refractivity contribution is 0.100. The second-order valence-corrected chi connectivity index (χ2v) is 4.14. The molecule has 0 fully saturated rings. The first-order valence-electron chi connectivity index (χ1n) is 5.77. The van der Waals surface area contributed by atoms with Gasteiger partial charge in [-0.25, -0.2) is 0 Å². The van der Waals surface area contributed by atoms with Gasteiger partial charge in [0, 0.05) is 22.9 Å². The van der Waals surface area contributed by atoms with Gasteiger partial charge in [0.25, 0.3) is 5.91 Å². The van der Waals surface area contributed by atoms with Gasteiger partial charge in [-0.2, -0.15) is 0 Å². The molecule has 4 heteroatoms. The highest BCUT2D eigenvalue weighted by Crippen LogP contribution is 2.16. The van der Waals surface area contributed by atoms with E-state index in [-0.39, 0.29) is 17.4 Å². The molecule has 2 aromatic rings. The maximum Gasteiger partial charge on any atom is 0.255 e. The Balaban J connectivity index is 2.14. The van der Waals surface area contributed by atoms with Gasteiger partial charge in [0.1, 0.15) is 5.75 Å². The number of carbonyl (C=O) groups excluding carboxylic acids is 2. The van der Waals surface area contributed by atoms with Crippen molar-refractivity contribution in [1.29, 1.82) is 0 Å². The number of benzene rings is 2. The Hall–Kier alpha value is -2.62. The van der Waals surface area contributed by atoms with Crippen molar-refractivity contribution in [3.63, 3.8) is 0 Å². The van der Waals surface area contributed by atoms with Crippen molar-refractivity contribution in [2.45, 2.75) is 6.92 Å². The normalized spacial score (nSPS) is 9.95. The first-order valence-corrected chi connectivity index (χ1v) is 5.77. The third-order valence-electron chi connectivity index (χ3n) is 2.66. The smallest absolute Gasteiger partial charge is 0.255 e. The largest absolute Gasteiger partial charge is 0.508 e. The number of rotatable bonds is 3. The van der Waals surface area contributed by atoms with E-state index in [0.29, 0.717) is 16.8 Å². The predicted molar refractivity (Wildman–Crippen MR) is 72.5 cm³/mol. The van der Waals surface area contributed by atoms with E-state index in [0.717, 1.165) is 0 Å². The molecule has 96 valence electrons. The van der Waals surface area contributed by atoms with Crippen LogP contribution in [0.15, 0.2) is 48.5 Å². The standard InChI is InChI=1S/C15H13NO3/c1-10(17)11-5-7-12(8-6-11)15(19)16-13-3-2-4-14(18)9-13/h2-9,18H,1H3,(H,16,19). The van der Waals surface area contributed by atoms with Crippen molar-refractivity contribution in [2.24, 2.45) is 0 Å². The summed E-state index contributed by atoms with van der Waals surface area (Å²) >= 11 is 0. The lowest BCUT2D eigenvalue weighted by Gasteiger charge is -2.06. The van der Waals surface area contributed by atoms with Crippen LogP contribution in [0, 0.1) is 0 Å². The summed E-state index contributed by atoms with van der Waals surface area (Å²) in [5.74, 6) is -0.245. The minimum atomic E-state index is -0.291. The Morgan fingerprint density at radius 3 is 2.21 bits per heavy atom. The van der Waals surface area contributed by atoms with Crippen LogP contribution in [0.25, 0.3) is 0 Å². The highest BCUT2D eigenvalue weighted by molar-refractivity contribution is 6.05. The maximum atomic E-state index is 11.9. The summed E-state index contributed by atoms with van der Waals surface area (Å²) in [5, 5.41) is 12.0. The molecule has 0 saturated heterocycles. The van der Waals surface area contributed by atoms with E-state index in [1.54, 1.807) is 36.4 Å². The molecule has 0 spiro atoms. The van der Waals surface area contributed by atoms with Crippen LogP contribution >= 0.6 is 0 Å². The zero-order valence-corrected chi connectivity index (χ0v) is 10.4. The van der Waals surface area contributed by atoms with Gasteiger partial charge in [-0.05, 0) is 31.2 Å². The van der Waals surface area contributed by atoms with Gasteiger partial charge >= 0.3 is 0 Å². The van der Waals surface area contributed by atoms with Crippen LogP contribution in [-0.2, 0) is 0 Å². The van der Waals surface area contributed by atoms with Crippen molar-refractivity contribution in [2.75, 3.05) is 5.32 Å². The highest BCUT2D eigenvalue weighted by Gasteiger charge is 2.07. The molecule has 0 aliphatic rings. The molecular formula is C15H13NO3. The van der Waals surface area contributed by atoms with Gasteiger partial charge in [-0.15, -0.1) is 0 Å². The number of anilines is 1. The first-order chi connectivity index (χ1) is 9.06. The second-order valence-electron chi connectivity index (χ2n) is 4.14. The number of amides is 1. The van der Waals surface area contributed by atoms with Gasteiger partial charge in [-0.1, -0.05) is 18.2 Å². The molecule has 0 aromatic heterocycles. The molecule has 0 aliphatic carbocycles. The fourth-order valence-corrected chi connectivity index (χ4v) is 1.64. The Bertz CT molecular complexity index is 618. The Morgan fingerprint density at radius 1 is 1.00 bits per heavy atom. The zero-order chi connectivity index (χ0) is 13.8. The summed E-state index contributed by atoms with van der Waals surface area (Å²) < 4.78 is 0. The van der Waals surface area contributed by atoms with Crippen LogP contribution in [0.1, 0.15) is 27.6 Å². The third-order valence-corrected chi connectivity index (χ3v) is 2.66. The van der Waals surface area contributed by atoms with Gasteiger partial charge in [0.05, 0.1) is 0 Å². The van der Waals surface area contributed by atoms with Gasteiger partial charge in [0.15, 0.2) is 5.78 Å². The van der Waals surface area contributed by atoms with E-state index in [9.17, 15) is 14.7 Å². The quantitative estimate of drug-likeness (QED) is 0.829. The van der Waals surface area contributed by atoms with Crippen molar-refractivity contribution < 1.29 is 14.7 Å². The molecule has 4 nitrogen and oxygen atoms in total. The molecule has 0 unspecified atom stereocenters. The Labute approximate surface area is 110 Å². The molecular weight excluding hydrogens is 242 g/mol. The van der Waals surface area contributed by atoms with E-state index in [4.69, 9.17) is 0 Å². The predicted octanol–water partition coefficient (Wildman–Crippen LogP) is 2.85. The summed E-state index contributed by atoms with van der Waals surface area (Å²) in [4.78, 5) is 23.1. The maximum absolute atomic E-state index is 11.9. The zero-order valence-electron chi connectivity index (χ0n) is 10.4. The fourth-order valence-electron chi connectivity index (χ4n) is 1.64. The molecule has 0 bridgehead atoms. The molecule has 1 amide bonds. The molecule has 19 heavy (non-hydrogen) atoms. The summed E-state index contributed by atoms with van der Waals surface area (Å²) in [7, 11) is 0. The number of phenolic OH excluding ortho intramolecular Hbond substituents is 1. The number of aromatic hydroxyl groups is 1. The fraction of sp³-hybridized carbons (Fsp3) is 0.0667. The summed E-state index contributed by atoms with van der Waals surface area (Å²) in [6.07, 6.45) is 0. The lowest BCUT2D eigenvalue weighted by Crippen LogP contribution is -2.11. The second kappa shape index (κ2) is 5.35. The van der Waals surface area contributed by atoms with Crippen LogP contribution in [0.2, 0.25) is 0 Å². The minimum Gasteiger partial charge on any atom is -0.508 e. The van der Waals surface area contributed by atoms with Crippen molar-refractivity contribution in [3.05, 3.63) is 59.7 Å². The summed E-state index contributed by atoms with van der Waals surface area (Å²) in [5.41, 5.74) is 1.53. The topological polar surface area (TPSA) is 66.4 Å². The molecule has 0 atom stereocenters. The average Bonchev–Trinajstić information content (AvgIpc) is 2.39. The van der Waals surface area contributed by atoms with Crippen LogP contribution in [0.5, 0.6) is 5.75 Å². The van der Waals surface area contributed by atoms with Crippen molar-refractivity contribution >= 4 is 17.4 Å². The number of hydrogen-bond donors (Lipinski definition) is 2. The molecule has 0 saturated carbocycles. The number of Topliss-reactive ketones (excluding diaryl/α,β-unsaturated/α-hetero) is 1. The van der Waals surface area contributed by atoms with E-state index >= 15 is 0 Å². The van der Waals surface area contributed by atoms with Crippen LogP contribution in [0.3, 0.4) is 0 Å². The molecule has 2 rings (SSSR count). The minimum absolute atomic E-state index is 0.0417. The van der Waals surface area contributed by atoms with Crippen molar-refractivity contribution in [3.8, 4) is 5.75 Å². The molecule has 0 aliphatic heterocycles. The van der Waals surface area contributed by atoms with Crippen molar-refractivity contribution in [1.82, 2.24) is 0 Å². The number of ketones is 1. The van der Waals surface area contributed by atoms with Gasteiger partial charge in [-0.3, -0.25) is 9.59 Å². The molecule has 2 N–H and O–H groups in total. The van der Waals surface area contributed by atoms with E-state index in [2.05, 4.69) is 5.32 Å². The number of phenols is 1. The third kappa shape index (κ3) is 3.19. The Morgan fingerprint density at radius 2 is 1.63 bits per heavy atom. The number of hydrogen-bond acceptors (Lipinski definition) is 3. The number of nitrogens with one attached hydrogen (secondary N) is 1. The van der Waals surface area contributed by atoms with E-state index < -0.39 is 0 Å². The first kappa shape index (κ1) is 12.8.